The van der Waals surface area contributed by atoms with Gasteiger partial charge in [-0.1, -0.05) is 12.1 Å². The number of aromatic nitrogens is 2. The number of carbonyl (C=O) groups excluding carboxylic acids is 1. The van der Waals surface area contributed by atoms with Crippen LogP contribution in [0, 0.1) is 0 Å². The third-order valence-electron chi connectivity index (χ3n) is 4.20. The van der Waals surface area contributed by atoms with Crippen molar-refractivity contribution >= 4 is 5.91 Å². The smallest absolute Gasteiger partial charge is 0.274 e. The van der Waals surface area contributed by atoms with Crippen molar-refractivity contribution in [1.29, 1.82) is 0 Å². The van der Waals surface area contributed by atoms with E-state index >= 15 is 0 Å². The zero-order valence-electron chi connectivity index (χ0n) is 13.0. The van der Waals surface area contributed by atoms with Gasteiger partial charge in [0.2, 0.25) is 0 Å². The third kappa shape index (κ3) is 2.71. The van der Waals surface area contributed by atoms with Crippen LogP contribution >= 0.6 is 0 Å². The maximum atomic E-state index is 12.7. The fourth-order valence-electron chi connectivity index (χ4n) is 2.98. The average molecular weight is 299 g/mol. The van der Waals surface area contributed by atoms with Gasteiger partial charge in [0.25, 0.3) is 5.91 Å². The van der Waals surface area contributed by atoms with Gasteiger partial charge in [-0.25, -0.2) is 0 Å². The van der Waals surface area contributed by atoms with Crippen LogP contribution in [-0.2, 0) is 6.54 Å². The van der Waals surface area contributed by atoms with E-state index in [-0.39, 0.29) is 11.9 Å². The first-order chi connectivity index (χ1) is 10.7. The molecule has 2 heterocycles. The number of benzene rings is 1. The van der Waals surface area contributed by atoms with Crippen LogP contribution in [0.2, 0.25) is 0 Å². The normalized spacial score (nSPS) is 17.7. The van der Waals surface area contributed by atoms with E-state index in [0.29, 0.717) is 5.69 Å². The number of nitrogens with zero attached hydrogens (tertiary/aromatic N) is 3. The predicted molar refractivity (Wildman–Crippen MR) is 83.9 cm³/mol. The van der Waals surface area contributed by atoms with Crippen molar-refractivity contribution in [1.82, 2.24) is 14.7 Å². The van der Waals surface area contributed by atoms with E-state index in [4.69, 9.17) is 4.74 Å². The largest absolute Gasteiger partial charge is 0.497 e. The van der Waals surface area contributed by atoms with Gasteiger partial charge in [-0.3, -0.25) is 9.48 Å². The van der Waals surface area contributed by atoms with Crippen molar-refractivity contribution in [2.24, 2.45) is 0 Å². The minimum atomic E-state index is 0.0190. The molecule has 0 radical (unpaired) electrons. The van der Waals surface area contributed by atoms with Crippen molar-refractivity contribution in [2.45, 2.75) is 32.4 Å². The SMILES string of the molecule is CCn1ccc(C(=O)N2CCCC2c2ccc(OC)cc2)n1. The molecule has 1 atom stereocenters. The highest BCUT2D eigenvalue weighted by Crippen LogP contribution is 2.33. The van der Waals surface area contributed by atoms with Crippen LogP contribution in [0.25, 0.3) is 0 Å². The number of methoxy groups -OCH3 is 1. The molecule has 0 N–H and O–H groups in total. The molecule has 1 saturated heterocycles. The lowest BCUT2D eigenvalue weighted by Gasteiger charge is -2.24. The Bertz CT molecular complexity index is 648. The van der Waals surface area contributed by atoms with Gasteiger partial charge < -0.3 is 9.64 Å². The average Bonchev–Trinajstić information content (AvgIpc) is 3.23. The van der Waals surface area contributed by atoms with Crippen molar-refractivity contribution < 1.29 is 9.53 Å². The molecular formula is C17H21N3O2. The summed E-state index contributed by atoms with van der Waals surface area (Å²) in [7, 11) is 1.66. The lowest BCUT2D eigenvalue weighted by atomic mass is 10.0. The Balaban J connectivity index is 1.81. The number of aryl methyl sites for hydroxylation is 1. The van der Waals surface area contributed by atoms with Crippen molar-refractivity contribution in [2.75, 3.05) is 13.7 Å². The van der Waals surface area contributed by atoms with Crippen LogP contribution in [-0.4, -0.2) is 34.2 Å². The Morgan fingerprint density at radius 1 is 1.32 bits per heavy atom. The molecule has 5 nitrogen and oxygen atoms in total. The number of amides is 1. The second kappa shape index (κ2) is 6.22. The zero-order valence-corrected chi connectivity index (χ0v) is 13.0. The maximum Gasteiger partial charge on any atom is 0.274 e. The molecule has 3 rings (SSSR count). The molecule has 1 aromatic heterocycles. The fraction of sp³-hybridized carbons (Fsp3) is 0.412. The molecule has 1 aliphatic heterocycles. The van der Waals surface area contributed by atoms with E-state index in [0.717, 1.165) is 37.2 Å². The molecule has 0 aliphatic carbocycles. The summed E-state index contributed by atoms with van der Waals surface area (Å²) >= 11 is 0. The molecule has 1 amide bonds. The van der Waals surface area contributed by atoms with E-state index < -0.39 is 0 Å². The Kier molecular flexibility index (Phi) is 4.13. The monoisotopic (exact) mass is 299 g/mol. The summed E-state index contributed by atoms with van der Waals surface area (Å²) in [5, 5.41) is 4.33. The number of likely N-dealkylation sites (tertiary alicyclic amines) is 1. The minimum absolute atomic E-state index is 0.0190. The van der Waals surface area contributed by atoms with E-state index in [1.54, 1.807) is 17.9 Å². The number of hydrogen-bond donors (Lipinski definition) is 0. The van der Waals surface area contributed by atoms with E-state index in [1.165, 1.54) is 0 Å². The molecular weight excluding hydrogens is 278 g/mol. The molecule has 116 valence electrons. The molecule has 1 fully saturated rings. The number of carbonyl (C=O) groups is 1. The summed E-state index contributed by atoms with van der Waals surface area (Å²) < 4.78 is 6.98. The molecule has 22 heavy (non-hydrogen) atoms. The number of ether oxygens (including phenoxy) is 1. The second-order valence-corrected chi connectivity index (χ2v) is 5.49. The summed E-state index contributed by atoms with van der Waals surface area (Å²) in [5.41, 5.74) is 1.68. The van der Waals surface area contributed by atoms with Crippen LogP contribution in [0.3, 0.4) is 0 Å². The van der Waals surface area contributed by atoms with Gasteiger partial charge in [0.1, 0.15) is 11.4 Å². The lowest BCUT2D eigenvalue weighted by Crippen LogP contribution is -2.31. The van der Waals surface area contributed by atoms with Crippen molar-refractivity contribution in [3.05, 3.63) is 47.8 Å². The highest BCUT2D eigenvalue weighted by molar-refractivity contribution is 5.92. The van der Waals surface area contributed by atoms with Crippen LogP contribution in [0.5, 0.6) is 5.75 Å². The van der Waals surface area contributed by atoms with Crippen molar-refractivity contribution in [3.63, 3.8) is 0 Å². The first kappa shape index (κ1) is 14.6. The molecule has 0 spiro atoms. The van der Waals surface area contributed by atoms with Gasteiger partial charge in [-0.05, 0) is 43.5 Å². The Morgan fingerprint density at radius 2 is 2.09 bits per heavy atom. The van der Waals surface area contributed by atoms with E-state index in [1.807, 2.05) is 42.3 Å². The van der Waals surface area contributed by atoms with Crippen LogP contribution in [0.4, 0.5) is 0 Å². The first-order valence-corrected chi connectivity index (χ1v) is 7.71. The van der Waals surface area contributed by atoms with E-state index in [2.05, 4.69) is 5.10 Å². The Morgan fingerprint density at radius 3 is 2.73 bits per heavy atom. The summed E-state index contributed by atoms with van der Waals surface area (Å²) in [6, 6.07) is 9.91. The molecule has 1 unspecified atom stereocenters. The van der Waals surface area contributed by atoms with Gasteiger partial charge in [-0.2, -0.15) is 5.10 Å². The van der Waals surface area contributed by atoms with Gasteiger partial charge in [-0.15, -0.1) is 0 Å². The van der Waals surface area contributed by atoms with Crippen LogP contribution in [0.15, 0.2) is 36.5 Å². The molecule has 1 aromatic carbocycles. The standard InChI is InChI=1S/C17H21N3O2/c1-3-19-12-10-15(18-19)17(21)20-11-4-5-16(20)13-6-8-14(22-2)9-7-13/h6-10,12,16H,3-5,11H2,1-2H3. The molecule has 5 heteroatoms. The Labute approximate surface area is 130 Å². The topological polar surface area (TPSA) is 47.4 Å². The minimum Gasteiger partial charge on any atom is -0.497 e. The fourth-order valence-corrected chi connectivity index (χ4v) is 2.98. The number of hydrogen-bond acceptors (Lipinski definition) is 3. The lowest BCUT2D eigenvalue weighted by molar-refractivity contribution is 0.0728. The summed E-state index contributed by atoms with van der Waals surface area (Å²) in [6.45, 7) is 3.57. The summed E-state index contributed by atoms with van der Waals surface area (Å²) in [6.07, 6.45) is 3.87. The maximum absolute atomic E-state index is 12.7. The first-order valence-electron chi connectivity index (χ1n) is 7.71. The predicted octanol–water partition coefficient (Wildman–Crippen LogP) is 2.89. The van der Waals surface area contributed by atoms with Crippen LogP contribution < -0.4 is 4.74 Å². The van der Waals surface area contributed by atoms with E-state index in [9.17, 15) is 4.79 Å². The summed E-state index contributed by atoms with van der Waals surface area (Å²) in [4.78, 5) is 14.6. The van der Waals surface area contributed by atoms with Gasteiger partial charge in [0.05, 0.1) is 13.2 Å². The molecule has 2 aromatic rings. The van der Waals surface area contributed by atoms with Crippen LogP contribution in [0.1, 0.15) is 41.9 Å². The summed E-state index contributed by atoms with van der Waals surface area (Å²) in [5.74, 6) is 0.854. The quantitative estimate of drug-likeness (QED) is 0.872. The zero-order chi connectivity index (χ0) is 15.5. The second-order valence-electron chi connectivity index (χ2n) is 5.49. The van der Waals surface area contributed by atoms with Gasteiger partial charge in [0.15, 0.2) is 0 Å². The Hall–Kier alpha value is -2.30. The van der Waals surface area contributed by atoms with Gasteiger partial charge >= 0.3 is 0 Å². The van der Waals surface area contributed by atoms with Crippen molar-refractivity contribution in [3.8, 4) is 5.75 Å². The highest BCUT2D eigenvalue weighted by Gasteiger charge is 2.31. The molecule has 0 bridgehead atoms. The number of rotatable bonds is 4. The molecule has 0 saturated carbocycles. The van der Waals surface area contributed by atoms with Gasteiger partial charge in [0, 0.05) is 19.3 Å². The highest BCUT2D eigenvalue weighted by atomic mass is 16.5. The molecule has 1 aliphatic rings. The third-order valence-corrected chi connectivity index (χ3v) is 4.20.